The van der Waals surface area contributed by atoms with Gasteiger partial charge in [-0.25, -0.2) is 0 Å². The first kappa shape index (κ1) is 22.7. The fraction of sp³-hybridized carbons (Fsp3) is 0.385. The first-order valence-electron chi connectivity index (χ1n) is 11.3. The van der Waals surface area contributed by atoms with E-state index in [1.807, 2.05) is 42.5 Å². The minimum Gasteiger partial charge on any atom is -0.493 e. The summed E-state index contributed by atoms with van der Waals surface area (Å²) in [6, 6.07) is 13.0. The normalized spacial score (nSPS) is 15.0. The molecule has 2 N–H and O–H groups in total. The number of fused-ring (bicyclic) bond motifs is 1. The van der Waals surface area contributed by atoms with Crippen LogP contribution >= 0.6 is 0 Å². The van der Waals surface area contributed by atoms with E-state index in [4.69, 9.17) is 14.2 Å². The number of hydrogen-bond acceptors (Lipinski definition) is 6. The molecule has 0 aliphatic heterocycles. The summed E-state index contributed by atoms with van der Waals surface area (Å²) in [5.74, 6) is 1.40. The molecule has 2 aromatic carbocycles. The molecule has 1 heterocycles. The smallest absolute Gasteiger partial charge is 0.247 e. The molecule has 1 atom stereocenters. The summed E-state index contributed by atoms with van der Waals surface area (Å²) in [5, 5.41) is 7.63. The van der Waals surface area contributed by atoms with E-state index in [-0.39, 0.29) is 11.9 Å². The predicted octanol–water partition coefficient (Wildman–Crippen LogP) is 4.86. The van der Waals surface area contributed by atoms with Gasteiger partial charge in [-0.2, -0.15) is 0 Å². The third-order valence-electron chi connectivity index (χ3n) is 6.14. The van der Waals surface area contributed by atoms with Gasteiger partial charge in [0.25, 0.3) is 0 Å². The second-order valence-corrected chi connectivity index (χ2v) is 8.30. The van der Waals surface area contributed by atoms with Crippen LogP contribution in [-0.4, -0.2) is 38.3 Å². The van der Waals surface area contributed by atoms with E-state index in [1.165, 1.54) is 6.42 Å². The Hall–Kier alpha value is -3.48. The fourth-order valence-corrected chi connectivity index (χ4v) is 4.42. The maximum absolute atomic E-state index is 13.5. The maximum atomic E-state index is 13.5. The number of hydrogen-bond donors (Lipinski definition) is 2. The van der Waals surface area contributed by atoms with Crippen LogP contribution in [0.1, 0.15) is 43.7 Å². The van der Waals surface area contributed by atoms with Crippen LogP contribution in [0.5, 0.6) is 17.2 Å². The van der Waals surface area contributed by atoms with Crippen LogP contribution in [0.4, 0.5) is 5.69 Å². The first-order chi connectivity index (χ1) is 16.1. The zero-order valence-corrected chi connectivity index (χ0v) is 19.4. The number of carbonyl (C=O) groups excluding carboxylic acids is 1. The van der Waals surface area contributed by atoms with Crippen LogP contribution in [0.2, 0.25) is 0 Å². The first-order valence-corrected chi connectivity index (χ1v) is 11.3. The number of pyridine rings is 1. The summed E-state index contributed by atoms with van der Waals surface area (Å²) >= 11 is 0. The van der Waals surface area contributed by atoms with Gasteiger partial charge in [0.1, 0.15) is 6.04 Å². The largest absolute Gasteiger partial charge is 0.493 e. The number of aromatic nitrogens is 1. The third-order valence-corrected chi connectivity index (χ3v) is 6.14. The summed E-state index contributed by atoms with van der Waals surface area (Å²) in [4.78, 5) is 18.1. The van der Waals surface area contributed by atoms with E-state index in [0.717, 1.165) is 42.3 Å². The molecular weight excluding hydrogens is 418 g/mol. The topological polar surface area (TPSA) is 81.7 Å². The summed E-state index contributed by atoms with van der Waals surface area (Å²) < 4.78 is 16.5. The molecule has 1 saturated carbocycles. The highest BCUT2D eigenvalue weighted by atomic mass is 16.5. The predicted molar refractivity (Wildman–Crippen MR) is 129 cm³/mol. The molecule has 1 fully saturated rings. The molecular formula is C26H31N3O4. The number of benzene rings is 2. The van der Waals surface area contributed by atoms with Gasteiger partial charge in [-0.15, -0.1) is 0 Å². The Morgan fingerprint density at radius 3 is 2.33 bits per heavy atom. The van der Waals surface area contributed by atoms with Crippen molar-refractivity contribution in [2.75, 3.05) is 26.6 Å². The van der Waals surface area contributed by atoms with Crippen LogP contribution in [0.3, 0.4) is 0 Å². The van der Waals surface area contributed by atoms with E-state index >= 15 is 0 Å². The van der Waals surface area contributed by atoms with Crippen molar-refractivity contribution in [3.8, 4) is 17.2 Å². The van der Waals surface area contributed by atoms with E-state index in [2.05, 4.69) is 15.6 Å². The molecule has 1 unspecified atom stereocenters. The lowest BCUT2D eigenvalue weighted by molar-refractivity contribution is -0.122. The lowest BCUT2D eigenvalue weighted by Gasteiger charge is -2.27. The Balaban J connectivity index is 1.70. The van der Waals surface area contributed by atoms with Crippen LogP contribution in [0, 0.1) is 0 Å². The molecule has 33 heavy (non-hydrogen) atoms. The summed E-state index contributed by atoms with van der Waals surface area (Å²) in [5.41, 5.74) is 2.37. The molecule has 3 aromatic rings. The van der Waals surface area contributed by atoms with Gasteiger partial charge in [0, 0.05) is 11.4 Å². The molecule has 1 aromatic heterocycles. The Bertz CT molecular complexity index is 1090. The molecule has 1 aliphatic carbocycles. The van der Waals surface area contributed by atoms with Crippen LogP contribution in [-0.2, 0) is 4.79 Å². The second kappa shape index (κ2) is 10.4. The minimum absolute atomic E-state index is 0.0932. The van der Waals surface area contributed by atoms with Gasteiger partial charge in [0.15, 0.2) is 11.5 Å². The fourth-order valence-electron chi connectivity index (χ4n) is 4.42. The zero-order valence-electron chi connectivity index (χ0n) is 19.4. The number of para-hydroxylation sites is 1. The number of carbonyl (C=O) groups is 1. The number of methoxy groups -OCH3 is 3. The highest BCUT2D eigenvalue weighted by molar-refractivity contribution is 5.88. The maximum Gasteiger partial charge on any atom is 0.247 e. The molecule has 7 nitrogen and oxygen atoms in total. The van der Waals surface area contributed by atoms with Crippen molar-refractivity contribution in [1.82, 2.24) is 10.3 Å². The van der Waals surface area contributed by atoms with Crippen molar-refractivity contribution in [3.63, 3.8) is 0 Å². The highest BCUT2D eigenvalue weighted by Crippen LogP contribution is 2.40. The monoisotopic (exact) mass is 449 g/mol. The number of nitrogens with zero attached hydrogens (tertiary/aromatic N) is 1. The lowest BCUT2D eigenvalue weighted by atomic mass is 9.94. The molecule has 174 valence electrons. The zero-order chi connectivity index (χ0) is 23.2. The molecule has 0 spiro atoms. The Morgan fingerprint density at radius 2 is 1.67 bits per heavy atom. The van der Waals surface area contributed by atoms with Gasteiger partial charge in [-0.05, 0) is 42.7 Å². The quantitative estimate of drug-likeness (QED) is 0.511. The summed E-state index contributed by atoms with van der Waals surface area (Å²) in [6.45, 7) is 0. The van der Waals surface area contributed by atoms with Gasteiger partial charge < -0.3 is 24.8 Å². The van der Waals surface area contributed by atoms with Crippen LogP contribution < -0.4 is 24.8 Å². The van der Waals surface area contributed by atoms with Gasteiger partial charge in [0.05, 0.1) is 38.7 Å². The average Bonchev–Trinajstić information content (AvgIpc) is 2.86. The van der Waals surface area contributed by atoms with Gasteiger partial charge in [0.2, 0.25) is 11.7 Å². The van der Waals surface area contributed by atoms with Crippen LogP contribution in [0.15, 0.2) is 48.7 Å². The molecule has 1 amide bonds. The molecule has 4 rings (SSSR count). The Morgan fingerprint density at radius 1 is 0.970 bits per heavy atom. The number of anilines is 1. The molecule has 1 aliphatic rings. The second-order valence-electron chi connectivity index (χ2n) is 8.30. The van der Waals surface area contributed by atoms with Crippen molar-refractivity contribution < 1.29 is 19.0 Å². The van der Waals surface area contributed by atoms with E-state index < -0.39 is 6.04 Å². The number of ether oxygens (including phenoxy) is 3. The number of rotatable bonds is 8. The number of amides is 1. The minimum atomic E-state index is -0.663. The van der Waals surface area contributed by atoms with E-state index in [1.54, 1.807) is 27.5 Å². The van der Waals surface area contributed by atoms with Crippen molar-refractivity contribution in [3.05, 3.63) is 54.2 Å². The van der Waals surface area contributed by atoms with Crippen molar-refractivity contribution in [2.45, 2.75) is 44.2 Å². The van der Waals surface area contributed by atoms with Crippen LogP contribution in [0.25, 0.3) is 10.9 Å². The summed E-state index contributed by atoms with van der Waals surface area (Å²) in [6.07, 6.45) is 7.27. The lowest BCUT2D eigenvalue weighted by Crippen LogP contribution is -2.41. The Kier molecular flexibility index (Phi) is 7.17. The summed E-state index contributed by atoms with van der Waals surface area (Å²) in [7, 11) is 4.70. The molecule has 0 bridgehead atoms. The molecule has 0 radical (unpaired) electrons. The van der Waals surface area contributed by atoms with E-state index in [9.17, 15) is 4.79 Å². The standard InChI is InChI=1S/C26H31N3O4/c1-31-22-14-18(15-23(32-2)25(22)33-3)24(26(30)29-19-10-5-4-6-11-19)28-20-13-17-9-7-8-12-21(17)27-16-20/h7-9,12-16,19,24,28H,4-6,10-11H2,1-3H3,(H,29,30). The third kappa shape index (κ3) is 5.13. The van der Waals surface area contributed by atoms with Crippen molar-refractivity contribution in [2.24, 2.45) is 0 Å². The SMILES string of the molecule is COc1cc(C(Nc2cnc3ccccc3c2)C(=O)NC2CCCCC2)cc(OC)c1OC. The van der Waals surface area contributed by atoms with Crippen molar-refractivity contribution in [1.29, 1.82) is 0 Å². The molecule has 0 saturated heterocycles. The van der Waals surface area contributed by atoms with Gasteiger partial charge in [-0.3, -0.25) is 9.78 Å². The highest BCUT2D eigenvalue weighted by Gasteiger charge is 2.27. The van der Waals surface area contributed by atoms with Crippen molar-refractivity contribution >= 4 is 22.5 Å². The average molecular weight is 450 g/mol. The van der Waals surface area contributed by atoms with Gasteiger partial charge >= 0.3 is 0 Å². The van der Waals surface area contributed by atoms with Gasteiger partial charge in [-0.1, -0.05) is 37.5 Å². The Labute approximate surface area is 194 Å². The molecule has 7 heteroatoms. The van der Waals surface area contributed by atoms with E-state index in [0.29, 0.717) is 22.8 Å². The number of nitrogens with one attached hydrogen (secondary N) is 2.